The number of fused-ring (bicyclic) bond motifs is 3. The van der Waals surface area contributed by atoms with Crippen molar-refractivity contribution in [3.05, 3.63) is 105 Å². The summed E-state index contributed by atoms with van der Waals surface area (Å²) >= 11 is 0. The van der Waals surface area contributed by atoms with Crippen molar-refractivity contribution in [2.45, 2.75) is 19.3 Å². The number of benzene rings is 2. The number of allylic oxidation sites excluding steroid dienone is 2. The average Bonchev–Trinajstić information content (AvgIpc) is 2.83. The van der Waals surface area contributed by atoms with Gasteiger partial charge in [0.25, 0.3) is 0 Å². The van der Waals surface area contributed by atoms with Crippen LogP contribution in [0.5, 0.6) is 5.75 Å². The maximum absolute atomic E-state index is 13.2. The van der Waals surface area contributed by atoms with Gasteiger partial charge in [-0.05, 0) is 41.8 Å². The highest BCUT2D eigenvalue weighted by Crippen LogP contribution is 2.41. The Morgan fingerprint density at radius 2 is 1.88 bits per heavy atom. The summed E-state index contributed by atoms with van der Waals surface area (Å²) in [6.45, 7) is 1.94. The summed E-state index contributed by atoms with van der Waals surface area (Å²) in [7, 11) is 1.56. The molecule has 2 aromatic heterocycles. The average molecular weight is 435 g/mol. The molecule has 0 spiro atoms. The van der Waals surface area contributed by atoms with Crippen molar-refractivity contribution >= 4 is 11.0 Å². The predicted molar refractivity (Wildman–Crippen MR) is 126 cm³/mol. The molecule has 2 heterocycles. The van der Waals surface area contributed by atoms with Gasteiger partial charge in [0, 0.05) is 41.0 Å². The van der Waals surface area contributed by atoms with Gasteiger partial charge in [0.1, 0.15) is 11.3 Å². The smallest absolute Gasteiger partial charge is 0.340 e. The number of ether oxygens (including phenoxy) is 1. The summed E-state index contributed by atoms with van der Waals surface area (Å²) in [5, 5.41) is 10.7. The number of hydrogen-bond acceptors (Lipinski definition) is 6. The molecular formula is C27H21N3O3. The van der Waals surface area contributed by atoms with E-state index >= 15 is 0 Å². The number of hydrogen-bond donors (Lipinski definition) is 1. The fourth-order valence-corrected chi connectivity index (χ4v) is 4.46. The lowest BCUT2D eigenvalue weighted by atomic mass is 9.76. The standard InChI is InChI=1S/C27H21N3O3/c1-15-3-4-18(14-30-15)16-5-7-17(8-6-16)25-22(13-28)23(29)12-21-20-10-9-19(32-2)11-24(20)33-27(31)26(21)25/h3-11,14,25H,12,29H2,1-2H3. The number of nitrogens with two attached hydrogens (primary N) is 1. The topological polar surface area (TPSA) is 102 Å². The summed E-state index contributed by atoms with van der Waals surface area (Å²) in [5.74, 6) is 0.00654. The van der Waals surface area contributed by atoms with Crippen LogP contribution in [0, 0.1) is 18.3 Å². The van der Waals surface area contributed by atoms with Crippen molar-refractivity contribution in [1.29, 1.82) is 5.26 Å². The Bertz CT molecular complexity index is 1510. The van der Waals surface area contributed by atoms with Crippen LogP contribution in [0.1, 0.15) is 28.3 Å². The summed E-state index contributed by atoms with van der Waals surface area (Å²) in [4.78, 5) is 17.5. The van der Waals surface area contributed by atoms with Crippen molar-refractivity contribution in [3.63, 3.8) is 0 Å². The van der Waals surface area contributed by atoms with Crippen LogP contribution in [0.2, 0.25) is 0 Å². The molecule has 6 nitrogen and oxygen atoms in total. The van der Waals surface area contributed by atoms with Crippen LogP contribution in [0.3, 0.4) is 0 Å². The third kappa shape index (κ3) is 3.44. The van der Waals surface area contributed by atoms with Gasteiger partial charge in [-0.1, -0.05) is 30.3 Å². The zero-order valence-corrected chi connectivity index (χ0v) is 18.3. The van der Waals surface area contributed by atoms with Crippen LogP contribution in [0.15, 0.2) is 81.3 Å². The fourth-order valence-electron chi connectivity index (χ4n) is 4.46. The molecule has 1 atom stereocenters. The fraction of sp³-hybridized carbons (Fsp3) is 0.148. The van der Waals surface area contributed by atoms with Gasteiger partial charge >= 0.3 is 5.63 Å². The van der Waals surface area contributed by atoms with Crippen LogP contribution in [-0.4, -0.2) is 12.1 Å². The largest absolute Gasteiger partial charge is 0.497 e. The van der Waals surface area contributed by atoms with E-state index in [1.54, 1.807) is 13.2 Å². The molecule has 1 unspecified atom stereocenters. The molecule has 6 heteroatoms. The molecule has 1 aliphatic carbocycles. The number of aromatic nitrogens is 1. The Morgan fingerprint density at radius 3 is 2.55 bits per heavy atom. The van der Waals surface area contributed by atoms with E-state index in [0.29, 0.717) is 34.6 Å². The molecule has 0 amide bonds. The Balaban J connectivity index is 1.67. The van der Waals surface area contributed by atoms with E-state index in [-0.39, 0.29) is 0 Å². The Morgan fingerprint density at radius 1 is 1.12 bits per heavy atom. The van der Waals surface area contributed by atoms with E-state index in [2.05, 4.69) is 11.1 Å². The molecule has 0 aliphatic heterocycles. The van der Waals surface area contributed by atoms with Crippen LogP contribution in [0.4, 0.5) is 0 Å². The minimum absolute atomic E-state index is 0.316. The summed E-state index contributed by atoms with van der Waals surface area (Å²) < 4.78 is 10.9. The highest BCUT2D eigenvalue weighted by molar-refractivity contribution is 5.84. The van der Waals surface area contributed by atoms with E-state index in [4.69, 9.17) is 14.9 Å². The molecular weight excluding hydrogens is 414 g/mol. The SMILES string of the molecule is COc1ccc2c3c(c(=O)oc2c1)C(c1ccc(-c2ccc(C)nc2)cc1)C(C#N)=C(N)C3. The van der Waals surface area contributed by atoms with Gasteiger partial charge in [-0.25, -0.2) is 4.79 Å². The van der Waals surface area contributed by atoms with Gasteiger partial charge < -0.3 is 14.9 Å². The van der Waals surface area contributed by atoms with Crippen LogP contribution in [-0.2, 0) is 6.42 Å². The van der Waals surface area contributed by atoms with Gasteiger partial charge in [0.2, 0.25) is 0 Å². The van der Waals surface area contributed by atoms with E-state index in [0.717, 1.165) is 33.3 Å². The first-order valence-electron chi connectivity index (χ1n) is 10.6. The Hall–Kier alpha value is -4.37. The molecule has 0 fully saturated rings. The van der Waals surface area contributed by atoms with Gasteiger partial charge in [-0.3, -0.25) is 4.98 Å². The second kappa shape index (κ2) is 7.95. The van der Waals surface area contributed by atoms with Gasteiger partial charge in [-0.2, -0.15) is 5.26 Å². The van der Waals surface area contributed by atoms with Crippen molar-refractivity contribution in [2.24, 2.45) is 5.73 Å². The van der Waals surface area contributed by atoms with Crippen molar-refractivity contribution in [1.82, 2.24) is 4.98 Å². The number of nitrogens with zero attached hydrogens (tertiary/aromatic N) is 2. The second-order valence-corrected chi connectivity index (χ2v) is 8.11. The lowest BCUT2D eigenvalue weighted by Gasteiger charge is -2.26. The van der Waals surface area contributed by atoms with E-state index in [1.165, 1.54) is 0 Å². The number of methoxy groups -OCH3 is 1. The monoisotopic (exact) mass is 435 g/mol. The second-order valence-electron chi connectivity index (χ2n) is 8.11. The van der Waals surface area contributed by atoms with Gasteiger partial charge in [0.05, 0.1) is 30.2 Å². The molecule has 0 saturated carbocycles. The van der Waals surface area contributed by atoms with Crippen molar-refractivity contribution < 1.29 is 9.15 Å². The van der Waals surface area contributed by atoms with Crippen LogP contribution in [0.25, 0.3) is 22.1 Å². The quantitative estimate of drug-likeness (QED) is 0.472. The predicted octanol–water partition coefficient (Wildman–Crippen LogP) is 4.60. The maximum atomic E-state index is 13.2. The van der Waals surface area contributed by atoms with Crippen molar-refractivity contribution in [3.8, 4) is 22.9 Å². The summed E-state index contributed by atoms with van der Waals surface area (Å²) in [6, 6.07) is 19.4. The molecule has 5 rings (SSSR count). The zero-order valence-electron chi connectivity index (χ0n) is 18.3. The van der Waals surface area contributed by atoms with E-state index < -0.39 is 11.5 Å². The highest BCUT2D eigenvalue weighted by atomic mass is 16.5. The first kappa shape index (κ1) is 20.5. The maximum Gasteiger partial charge on any atom is 0.340 e. The lowest BCUT2D eigenvalue weighted by molar-refractivity contribution is 0.414. The molecule has 4 aromatic rings. The highest BCUT2D eigenvalue weighted by Gasteiger charge is 2.33. The minimum Gasteiger partial charge on any atom is -0.497 e. The molecule has 0 saturated heterocycles. The van der Waals surface area contributed by atoms with E-state index in [9.17, 15) is 10.1 Å². The van der Waals surface area contributed by atoms with Crippen LogP contribution >= 0.6 is 0 Å². The lowest BCUT2D eigenvalue weighted by Crippen LogP contribution is -2.26. The number of rotatable bonds is 3. The third-order valence-corrected chi connectivity index (χ3v) is 6.16. The first-order chi connectivity index (χ1) is 16.0. The zero-order chi connectivity index (χ0) is 23.1. The molecule has 0 bridgehead atoms. The molecule has 2 aromatic carbocycles. The van der Waals surface area contributed by atoms with E-state index in [1.807, 2.05) is 61.7 Å². The molecule has 162 valence electrons. The van der Waals surface area contributed by atoms with Crippen molar-refractivity contribution in [2.75, 3.05) is 7.11 Å². The molecule has 1 aliphatic rings. The van der Waals surface area contributed by atoms with Gasteiger partial charge in [-0.15, -0.1) is 0 Å². The Kier molecular flexibility index (Phi) is 4.95. The number of nitriles is 1. The normalized spacial score (nSPS) is 15.2. The minimum atomic E-state index is -0.591. The summed E-state index contributed by atoms with van der Waals surface area (Å²) in [5.41, 5.74) is 12.2. The number of aryl methyl sites for hydroxylation is 1. The molecule has 0 radical (unpaired) electrons. The third-order valence-electron chi connectivity index (χ3n) is 6.16. The molecule has 2 N–H and O–H groups in total. The molecule has 33 heavy (non-hydrogen) atoms. The number of pyridine rings is 1. The van der Waals surface area contributed by atoms with Gasteiger partial charge in [0.15, 0.2) is 0 Å². The summed E-state index contributed by atoms with van der Waals surface area (Å²) in [6.07, 6.45) is 2.14. The first-order valence-corrected chi connectivity index (χ1v) is 10.6. The Labute approximate surface area is 190 Å². The van der Waals surface area contributed by atoms with Crippen LogP contribution < -0.4 is 16.1 Å².